The molecule has 7 heteroatoms. The van der Waals surface area contributed by atoms with Crippen molar-refractivity contribution >= 4 is 22.4 Å². The number of carbonyl (C=O) groups is 1. The van der Waals surface area contributed by atoms with Crippen molar-refractivity contribution in [3.05, 3.63) is 78.9 Å². The molecule has 0 atom stereocenters. The molecule has 0 spiro atoms. The smallest absolute Gasteiger partial charge is 0.257 e. The van der Waals surface area contributed by atoms with Crippen LogP contribution in [0.15, 0.2) is 73.3 Å². The molecule has 0 saturated heterocycles. The molecule has 0 aliphatic heterocycles. The monoisotopic (exact) mass is 388 g/mol. The fourth-order valence-corrected chi connectivity index (χ4v) is 3.68. The lowest BCUT2D eigenvalue weighted by Crippen LogP contribution is -2.11. The van der Waals surface area contributed by atoms with Crippen LogP contribution in [-0.4, -0.2) is 28.0 Å². The van der Waals surface area contributed by atoms with Gasteiger partial charge in [0.15, 0.2) is 5.13 Å². The average Bonchev–Trinajstić information content (AvgIpc) is 3.19. The predicted molar refractivity (Wildman–Crippen MR) is 110 cm³/mol. The fourth-order valence-electron chi connectivity index (χ4n) is 2.69. The molecule has 6 nitrogen and oxygen atoms in total. The van der Waals surface area contributed by atoms with Gasteiger partial charge >= 0.3 is 0 Å². The van der Waals surface area contributed by atoms with Gasteiger partial charge in [0.2, 0.25) is 0 Å². The number of hydrogen-bond donors (Lipinski definition) is 1. The van der Waals surface area contributed by atoms with Gasteiger partial charge in [-0.1, -0.05) is 11.3 Å². The van der Waals surface area contributed by atoms with E-state index in [1.807, 2.05) is 36.4 Å². The number of amides is 1. The molecule has 0 aliphatic carbocycles. The van der Waals surface area contributed by atoms with Crippen LogP contribution in [0.25, 0.3) is 21.7 Å². The van der Waals surface area contributed by atoms with E-state index in [4.69, 9.17) is 4.74 Å². The summed E-state index contributed by atoms with van der Waals surface area (Å²) in [6, 6.07) is 14.9. The maximum atomic E-state index is 12.5. The number of aromatic nitrogens is 3. The van der Waals surface area contributed by atoms with E-state index in [1.54, 1.807) is 44.0 Å². The van der Waals surface area contributed by atoms with E-state index in [0.29, 0.717) is 10.7 Å². The van der Waals surface area contributed by atoms with E-state index in [-0.39, 0.29) is 5.91 Å². The minimum Gasteiger partial charge on any atom is -0.497 e. The predicted octanol–water partition coefficient (Wildman–Crippen LogP) is 4.53. The van der Waals surface area contributed by atoms with E-state index >= 15 is 0 Å². The molecule has 3 heterocycles. The highest BCUT2D eigenvalue weighted by Crippen LogP contribution is 2.39. The molecule has 0 bridgehead atoms. The van der Waals surface area contributed by atoms with Crippen molar-refractivity contribution in [3.63, 3.8) is 0 Å². The summed E-state index contributed by atoms with van der Waals surface area (Å²) in [6.07, 6.45) is 6.65. The molecule has 3 aromatic heterocycles. The van der Waals surface area contributed by atoms with Gasteiger partial charge in [-0.2, -0.15) is 0 Å². The molecule has 1 amide bonds. The molecule has 0 fully saturated rings. The second kappa shape index (κ2) is 7.98. The van der Waals surface area contributed by atoms with Crippen LogP contribution < -0.4 is 10.1 Å². The Morgan fingerprint density at radius 1 is 0.893 bits per heavy atom. The molecule has 138 valence electrons. The first-order valence-corrected chi connectivity index (χ1v) is 9.33. The topological polar surface area (TPSA) is 77.0 Å². The largest absolute Gasteiger partial charge is 0.497 e. The number of thiazole rings is 1. The molecule has 4 rings (SSSR count). The number of ether oxygens (including phenoxy) is 1. The van der Waals surface area contributed by atoms with Crippen molar-refractivity contribution in [2.45, 2.75) is 0 Å². The number of nitrogens with zero attached hydrogens (tertiary/aromatic N) is 3. The zero-order chi connectivity index (χ0) is 19.3. The van der Waals surface area contributed by atoms with E-state index in [0.717, 1.165) is 27.4 Å². The SMILES string of the molecule is COc1ccc(-c2nc(NC(=O)c3ccncc3)sc2-c2ccncc2)cc1. The highest BCUT2D eigenvalue weighted by Gasteiger charge is 2.17. The summed E-state index contributed by atoms with van der Waals surface area (Å²) in [4.78, 5) is 26.2. The summed E-state index contributed by atoms with van der Waals surface area (Å²) in [6.45, 7) is 0. The fraction of sp³-hybridized carbons (Fsp3) is 0.0476. The Kier molecular flexibility index (Phi) is 5.07. The zero-order valence-corrected chi connectivity index (χ0v) is 15.8. The molecule has 28 heavy (non-hydrogen) atoms. The van der Waals surface area contributed by atoms with Crippen LogP contribution in [-0.2, 0) is 0 Å². The summed E-state index contributed by atoms with van der Waals surface area (Å²) in [5, 5.41) is 3.41. The minimum atomic E-state index is -0.223. The highest BCUT2D eigenvalue weighted by atomic mass is 32.1. The summed E-state index contributed by atoms with van der Waals surface area (Å²) in [7, 11) is 1.63. The van der Waals surface area contributed by atoms with Crippen LogP contribution in [0, 0.1) is 0 Å². The van der Waals surface area contributed by atoms with E-state index in [2.05, 4.69) is 20.3 Å². The van der Waals surface area contributed by atoms with Crippen LogP contribution in [0.4, 0.5) is 5.13 Å². The number of benzene rings is 1. The second-order valence-corrected chi connectivity index (χ2v) is 6.85. The summed E-state index contributed by atoms with van der Waals surface area (Å²) in [5.74, 6) is 0.550. The van der Waals surface area contributed by atoms with Gasteiger partial charge in [0.05, 0.1) is 17.7 Å². The Labute approximate surface area is 165 Å². The summed E-state index contributed by atoms with van der Waals surface area (Å²) in [5.41, 5.74) is 3.25. The van der Waals surface area contributed by atoms with Gasteiger partial charge in [-0.25, -0.2) is 4.98 Å². The first-order chi connectivity index (χ1) is 13.7. The molecule has 0 aliphatic rings. The van der Waals surface area contributed by atoms with E-state index in [1.165, 1.54) is 11.3 Å². The first-order valence-electron chi connectivity index (χ1n) is 8.51. The second-order valence-electron chi connectivity index (χ2n) is 5.85. The number of carbonyl (C=O) groups excluding carboxylic acids is 1. The number of methoxy groups -OCH3 is 1. The lowest BCUT2D eigenvalue weighted by Gasteiger charge is -2.04. The highest BCUT2D eigenvalue weighted by molar-refractivity contribution is 7.19. The molecule has 0 saturated carbocycles. The van der Waals surface area contributed by atoms with Crippen molar-refractivity contribution < 1.29 is 9.53 Å². The summed E-state index contributed by atoms with van der Waals surface area (Å²) >= 11 is 1.42. The Morgan fingerprint density at radius 3 is 2.18 bits per heavy atom. The number of nitrogens with one attached hydrogen (secondary N) is 1. The Bertz CT molecular complexity index is 1080. The molecular formula is C21H16N4O2S. The average molecular weight is 388 g/mol. The van der Waals surface area contributed by atoms with Crippen molar-refractivity contribution in [2.75, 3.05) is 12.4 Å². The standard InChI is InChI=1S/C21H16N4O2S/c1-27-17-4-2-14(3-5-17)18-19(15-6-10-22-11-7-15)28-21(24-18)25-20(26)16-8-12-23-13-9-16/h2-13H,1H3,(H,24,25,26). The third kappa shape index (κ3) is 3.74. The van der Waals surface area contributed by atoms with Crippen molar-refractivity contribution in [2.24, 2.45) is 0 Å². The van der Waals surface area contributed by atoms with Gasteiger partial charge in [-0.15, -0.1) is 0 Å². The van der Waals surface area contributed by atoms with E-state index < -0.39 is 0 Å². The maximum absolute atomic E-state index is 12.5. The van der Waals surface area contributed by atoms with Gasteiger partial charge in [-0.3, -0.25) is 20.1 Å². The van der Waals surface area contributed by atoms with Gasteiger partial charge in [0.1, 0.15) is 5.75 Å². The van der Waals surface area contributed by atoms with Gasteiger partial charge < -0.3 is 4.74 Å². The molecule has 4 aromatic rings. The van der Waals surface area contributed by atoms with Crippen molar-refractivity contribution in [1.82, 2.24) is 15.0 Å². The van der Waals surface area contributed by atoms with Crippen LogP contribution in [0.3, 0.4) is 0 Å². The number of rotatable bonds is 5. The Hall–Kier alpha value is -3.58. The molecular weight excluding hydrogens is 372 g/mol. The Morgan fingerprint density at radius 2 is 1.54 bits per heavy atom. The van der Waals surface area contributed by atoms with Crippen LogP contribution in [0.5, 0.6) is 5.75 Å². The van der Waals surface area contributed by atoms with Gasteiger partial charge in [0, 0.05) is 35.9 Å². The third-order valence-electron chi connectivity index (χ3n) is 4.10. The number of hydrogen-bond acceptors (Lipinski definition) is 6. The number of pyridine rings is 2. The minimum absolute atomic E-state index is 0.223. The van der Waals surface area contributed by atoms with Crippen molar-refractivity contribution in [1.29, 1.82) is 0 Å². The first kappa shape index (κ1) is 17.8. The molecule has 1 N–H and O–H groups in total. The zero-order valence-electron chi connectivity index (χ0n) is 15.0. The van der Waals surface area contributed by atoms with E-state index in [9.17, 15) is 4.79 Å². The van der Waals surface area contributed by atoms with Gasteiger partial charge in [0.25, 0.3) is 5.91 Å². The summed E-state index contributed by atoms with van der Waals surface area (Å²) < 4.78 is 5.24. The lowest BCUT2D eigenvalue weighted by atomic mass is 10.1. The van der Waals surface area contributed by atoms with Crippen molar-refractivity contribution in [3.8, 4) is 27.4 Å². The van der Waals surface area contributed by atoms with Gasteiger partial charge in [-0.05, 0) is 54.1 Å². The number of anilines is 1. The molecule has 1 aromatic carbocycles. The lowest BCUT2D eigenvalue weighted by molar-refractivity contribution is 0.102. The third-order valence-corrected chi connectivity index (χ3v) is 5.12. The Balaban J connectivity index is 1.72. The molecule has 0 radical (unpaired) electrons. The maximum Gasteiger partial charge on any atom is 0.257 e. The quantitative estimate of drug-likeness (QED) is 0.544. The van der Waals surface area contributed by atoms with Crippen LogP contribution >= 0.6 is 11.3 Å². The van der Waals surface area contributed by atoms with Crippen LogP contribution in [0.1, 0.15) is 10.4 Å². The molecule has 0 unspecified atom stereocenters. The normalized spacial score (nSPS) is 10.5. The van der Waals surface area contributed by atoms with Crippen LogP contribution in [0.2, 0.25) is 0 Å².